The van der Waals surface area contributed by atoms with Crippen LogP contribution in [0.3, 0.4) is 0 Å². The minimum atomic E-state index is -0.896. The quantitative estimate of drug-likeness (QED) is 0.0378. The van der Waals surface area contributed by atoms with Crippen LogP contribution in [0.15, 0.2) is 72.8 Å². The van der Waals surface area contributed by atoms with Crippen molar-refractivity contribution in [1.29, 1.82) is 0 Å². The Balaban J connectivity index is 0.755. The SMILES string of the molecule is CN(C)C[C@@H](NC(=O)N1Cc2c(NC(=O)c3ccc(C(=O)CCCOCCOCCOCCCc4cccc5c4C(=O)N(C4CCC(=O)CC4=O)C5=O)cc3)n[nH]c2C1(C)C)c1ccccc1. The van der Waals surface area contributed by atoms with Crippen LogP contribution in [0.4, 0.5) is 10.6 Å². The van der Waals surface area contributed by atoms with E-state index in [1.165, 1.54) is 0 Å². The van der Waals surface area contributed by atoms with Crippen molar-refractivity contribution < 1.29 is 47.8 Å². The number of amides is 5. The summed E-state index contributed by atoms with van der Waals surface area (Å²) >= 11 is 0. The molecule has 5 amide bonds. The Morgan fingerprint density at radius 1 is 0.836 bits per heavy atom. The molecular formula is C50H59N7O10. The van der Waals surface area contributed by atoms with Gasteiger partial charge in [-0.3, -0.25) is 38.8 Å². The van der Waals surface area contributed by atoms with Gasteiger partial charge in [0.2, 0.25) is 0 Å². The largest absolute Gasteiger partial charge is 0.379 e. The number of likely N-dealkylation sites (N-methyl/N-ethyl adjacent to an activating group) is 1. The summed E-state index contributed by atoms with van der Waals surface area (Å²) in [6.45, 7) is 7.00. The van der Waals surface area contributed by atoms with Crippen molar-refractivity contribution in [1.82, 2.24) is 30.2 Å². The Kier molecular flexibility index (Phi) is 15.9. The summed E-state index contributed by atoms with van der Waals surface area (Å²) < 4.78 is 16.9. The Labute approximate surface area is 389 Å². The number of hydrogen-bond acceptors (Lipinski definition) is 12. The number of hydrogen-bond donors (Lipinski definition) is 3. The number of imide groups is 1. The number of urea groups is 1. The molecule has 3 aromatic carbocycles. The van der Waals surface area contributed by atoms with Crippen molar-refractivity contribution in [3.63, 3.8) is 0 Å². The lowest BCUT2D eigenvalue weighted by Gasteiger charge is -2.34. The van der Waals surface area contributed by atoms with E-state index >= 15 is 0 Å². The third-order valence-electron chi connectivity index (χ3n) is 12.4. The van der Waals surface area contributed by atoms with E-state index in [2.05, 4.69) is 20.8 Å². The number of carbonyl (C=O) groups is 7. The van der Waals surface area contributed by atoms with Crippen LogP contribution < -0.4 is 10.6 Å². The van der Waals surface area contributed by atoms with Gasteiger partial charge in [-0.1, -0.05) is 54.6 Å². The number of carbonyl (C=O) groups excluding carboxylic acids is 7. The second-order valence-corrected chi connectivity index (χ2v) is 17.8. The van der Waals surface area contributed by atoms with Crippen LogP contribution in [0.25, 0.3) is 0 Å². The first-order valence-electron chi connectivity index (χ1n) is 22.8. The molecule has 0 spiro atoms. The van der Waals surface area contributed by atoms with Crippen LogP contribution in [-0.4, -0.2) is 132 Å². The molecule has 67 heavy (non-hydrogen) atoms. The van der Waals surface area contributed by atoms with E-state index in [-0.39, 0.29) is 73.1 Å². The van der Waals surface area contributed by atoms with E-state index in [0.717, 1.165) is 27.3 Å². The number of fused-ring (bicyclic) bond motifs is 2. The third-order valence-corrected chi connectivity index (χ3v) is 12.4. The Morgan fingerprint density at radius 2 is 1.51 bits per heavy atom. The standard InChI is InChI=1S/C50H59N7O10/c1-50(2)44-38(30-56(50)49(64)51-39(31-55(3)4)32-11-6-5-7-12-32)45(54-53-44)52-46(61)35-19-17-33(18-20-35)41(59)16-10-24-66-26-28-67-27-25-65-23-9-14-34-13-8-15-37-43(34)48(63)57(47(37)62)40-22-21-36(58)29-42(40)60/h5-8,11-13,15,17-20,39-40H,9-10,14,16,21-31H2,1-4H3,(H,51,64)(H2,52,53,54,61)/t39-,40?/m1/s1. The van der Waals surface area contributed by atoms with Crippen LogP contribution >= 0.6 is 0 Å². The summed E-state index contributed by atoms with van der Waals surface area (Å²) in [5.41, 5.74) is 3.95. The maximum Gasteiger partial charge on any atom is 0.319 e. The van der Waals surface area contributed by atoms with Gasteiger partial charge in [0.1, 0.15) is 5.78 Å². The van der Waals surface area contributed by atoms with Gasteiger partial charge in [-0.2, -0.15) is 5.10 Å². The van der Waals surface area contributed by atoms with Gasteiger partial charge >= 0.3 is 6.03 Å². The molecule has 17 nitrogen and oxygen atoms in total. The molecule has 0 radical (unpaired) electrons. The van der Waals surface area contributed by atoms with Crippen molar-refractivity contribution in [3.8, 4) is 0 Å². The molecule has 17 heteroatoms. The number of ketones is 3. The van der Waals surface area contributed by atoms with E-state index in [1.807, 2.05) is 63.2 Å². The molecule has 3 aliphatic rings. The van der Waals surface area contributed by atoms with Crippen LogP contribution in [0, 0.1) is 0 Å². The minimum Gasteiger partial charge on any atom is -0.379 e. The lowest BCUT2D eigenvalue weighted by molar-refractivity contribution is -0.132. The normalized spacial score (nSPS) is 16.9. The smallest absolute Gasteiger partial charge is 0.319 e. The zero-order valence-corrected chi connectivity index (χ0v) is 38.6. The van der Waals surface area contributed by atoms with Crippen molar-refractivity contribution in [3.05, 3.63) is 117 Å². The molecule has 1 aromatic heterocycles. The second kappa shape index (κ2) is 21.9. The third kappa shape index (κ3) is 11.4. The number of ether oxygens (including phenoxy) is 3. The summed E-state index contributed by atoms with van der Waals surface area (Å²) in [7, 11) is 3.93. The fourth-order valence-corrected chi connectivity index (χ4v) is 8.83. The molecule has 1 fully saturated rings. The summed E-state index contributed by atoms with van der Waals surface area (Å²) in [5.74, 6) is -1.63. The lowest BCUT2D eigenvalue weighted by atomic mass is 9.92. The van der Waals surface area contributed by atoms with Gasteiger partial charge in [-0.15, -0.1) is 0 Å². The van der Waals surface area contributed by atoms with Crippen molar-refractivity contribution in [2.45, 2.75) is 83.0 Å². The maximum absolute atomic E-state index is 13.7. The molecule has 1 unspecified atom stereocenters. The molecule has 1 saturated carbocycles. The van der Waals surface area contributed by atoms with E-state index < -0.39 is 23.4 Å². The molecule has 0 bridgehead atoms. The fourth-order valence-electron chi connectivity index (χ4n) is 8.83. The number of nitrogens with zero attached hydrogens (tertiary/aromatic N) is 4. The van der Waals surface area contributed by atoms with Crippen LogP contribution in [-0.2, 0) is 42.3 Å². The molecule has 2 atom stereocenters. The van der Waals surface area contributed by atoms with Crippen molar-refractivity contribution in [2.75, 3.05) is 65.6 Å². The Bertz CT molecular complexity index is 2470. The lowest BCUT2D eigenvalue weighted by Crippen LogP contribution is -2.48. The highest BCUT2D eigenvalue weighted by molar-refractivity contribution is 6.24. The molecule has 7 rings (SSSR count). The molecular weight excluding hydrogens is 859 g/mol. The van der Waals surface area contributed by atoms with E-state index in [0.29, 0.717) is 88.0 Å². The molecule has 3 heterocycles. The van der Waals surface area contributed by atoms with Crippen LogP contribution in [0.5, 0.6) is 0 Å². The molecule has 0 saturated heterocycles. The first-order valence-corrected chi connectivity index (χ1v) is 22.8. The van der Waals surface area contributed by atoms with Crippen molar-refractivity contribution >= 4 is 46.9 Å². The number of aryl methyl sites for hydroxylation is 1. The van der Waals surface area contributed by atoms with Gasteiger partial charge in [0.05, 0.1) is 73.8 Å². The monoisotopic (exact) mass is 917 g/mol. The number of H-pyrrole nitrogens is 1. The van der Waals surface area contributed by atoms with Crippen molar-refractivity contribution in [2.24, 2.45) is 0 Å². The van der Waals surface area contributed by atoms with E-state index in [4.69, 9.17) is 14.2 Å². The highest BCUT2D eigenvalue weighted by Gasteiger charge is 2.46. The van der Waals surface area contributed by atoms with Gasteiger partial charge in [0, 0.05) is 49.3 Å². The van der Waals surface area contributed by atoms with Gasteiger partial charge in [0.15, 0.2) is 17.4 Å². The number of rotatable bonds is 22. The first-order chi connectivity index (χ1) is 32.2. The molecule has 2 aliphatic heterocycles. The molecule has 4 aromatic rings. The zero-order chi connectivity index (χ0) is 47.7. The molecule has 3 N–H and O–H groups in total. The summed E-state index contributed by atoms with van der Waals surface area (Å²) in [6.07, 6.45) is 2.01. The summed E-state index contributed by atoms with van der Waals surface area (Å²) in [6, 6.07) is 20.1. The van der Waals surface area contributed by atoms with Gasteiger partial charge in [-0.05, 0) is 83.0 Å². The Morgan fingerprint density at radius 3 is 2.19 bits per heavy atom. The highest BCUT2D eigenvalue weighted by atomic mass is 16.5. The van der Waals surface area contributed by atoms with Gasteiger partial charge < -0.3 is 34.6 Å². The van der Waals surface area contributed by atoms with Crippen LogP contribution in [0.1, 0.15) is 122 Å². The van der Waals surface area contributed by atoms with E-state index in [1.54, 1.807) is 47.4 Å². The van der Waals surface area contributed by atoms with E-state index in [9.17, 15) is 33.6 Å². The number of benzene rings is 3. The highest BCUT2D eigenvalue weighted by Crippen LogP contribution is 2.41. The first kappa shape index (κ1) is 48.5. The fraction of sp³-hybridized carbons (Fsp3) is 0.440. The summed E-state index contributed by atoms with van der Waals surface area (Å²) in [5, 5.41) is 13.5. The summed E-state index contributed by atoms with van der Waals surface area (Å²) in [4.78, 5) is 95.3. The predicted molar refractivity (Wildman–Crippen MR) is 247 cm³/mol. The predicted octanol–water partition coefficient (Wildman–Crippen LogP) is 5.66. The average Bonchev–Trinajstić information content (AvgIpc) is 3.93. The topological polar surface area (TPSA) is 210 Å². The number of aromatic amines is 1. The maximum atomic E-state index is 13.7. The van der Waals surface area contributed by atoms with Gasteiger partial charge in [0.25, 0.3) is 17.7 Å². The van der Waals surface area contributed by atoms with Crippen LogP contribution in [0.2, 0.25) is 0 Å². The number of Topliss-reactive ketones (excluding diaryl/α,β-unsaturated/α-hetero) is 3. The van der Waals surface area contributed by atoms with Gasteiger partial charge in [-0.25, -0.2) is 4.79 Å². The molecule has 1 aliphatic carbocycles. The number of anilines is 1. The molecule has 354 valence electrons. The Hall–Kier alpha value is -6.40. The number of aromatic nitrogens is 2. The average molecular weight is 918 g/mol. The number of nitrogens with one attached hydrogen (secondary N) is 3. The zero-order valence-electron chi connectivity index (χ0n) is 38.6. The second-order valence-electron chi connectivity index (χ2n) is 17.8. The minimum absolute atomic E-state index is 0.0665.